The molecule has 0 amide bonds. The number of Topliss-reactive ketones (excluding diaryl/α,β-unsaturated/α-hetero) is 1. The maximum atomic E-state index is 11.5. The van der Waals surface area contributed by atoms with Crippen molar-refractivity contribution in [2.75, 3.05) is 0 Å². The van der Waals surface area contributed by atoms with Gasteiger partial charge in [-0.3, -0.25) is 4.79 Å². The second-order valence-electron chi connectivity index (χ2n) is 5.86. The molecule has 1 atom stereocenters. The van der Waals surface area contributed by atoms with Gasteiger partial charge in [-0.2, -0.15) is 0 Å². The van der Waals surface area contributed by atoms with E-state index in [2.05, 4.69) is 6.92 Å². The topological polar surface area (TPSA) is 37.3 Å². The van der Waals surface area contributed by atoms with E-state index in [1.54, 1.807) is 0 Å². The zero-order valence-corrected chi connectivity index (χ0v) is 13.1. The molecule has 0 bridgehead atoms. The van der Waals surface area contributed by atoms with Crippen molar-refractivity contribution in [2.24, 2.45) is 0 Å². The molecule has 0 spiro atoms. The number of carbonyl (C=O) groups excluding carboxylic acids is 1. The zero-order valence-electron chi connectivity index (χ0n) is 13.1. The first kappa shape index (κ1) is 18.6. The fraction of sp³-hybridized carbons (Fsp3) is 0.941. The summed E-state index contributed by atoms with van der Waals surface area (Å²) in [6.07, 6.45) is 14.4. The summed E-state index contributed by atoms with van der Waals surface area (Å²) >= 11 is 0. The maximum absolute atomic E-state index is 11.5. The van der Waals surface area contributed by atoms with Crippen molar-refractivity contribution in [2.45, 2.75) is 103 Å². The molecule has 2 nitrogen and oxygen atoms in total. The lowest BCUT2D eigenvalue weighted by molar-refractivity contribution is -0.119. The van der Waals surface area contributed by atoms with Gasteiger partial charge in [-0.15, -0.1) is 0 Å². The fourth-order valence-corrected chi connectivity index (χ4v) is 2.34. The van der Waals surface area contributed by atoms with Gasteiger partial charge in [-0.05, 0) is 26.2 Å². The number of aliphatic hydroxyl groups is 1. The van der Waals surface area contributed by atoms with Gasteiger partial charge in [0.1, 0.15) is 5.78 Å². The molecule has 0 radical (unpaired) electrons. The van der Waals surface area contributed by atoms with Gasteiger partial charge in [-0.25, -0.2) is 0 Å². The number of hydrogen-bond donors (Lipinski definition) is 1. The summed E-state index contributed by atoms with van der Waals surface area (Å²) in [6, 6.07) is 0. The predicted octanol–water partition coefficient (Wildman–Crippen LogP) is 5.03. The van der Waals surface area contributed by atoms with E-state index in [9.17, 15) is 4.79 Å². The molecule has 0 aliphatic heterocycles. The van der Waals surface area contributed by atoms with E-state index in [1.807, 2.05) is 6.92 Å². The van der Waals surface area contributed by atoms with Crippen LogP contribution in [0.4, 0.5) is 0 Å². The Kier molecular flexibility index (Phi) is 13.8. The minimum Gasteiger partial charge on any atom is -0.393 e. The summed E-state index contributed by atoms with van der Waals surface area (Å²) < 4.78 is 0. The van der Waals surface area contributed by atoms with Crippen LogP contribution in [0.3, 0.4) is 0 Å². The average molecular weight is 270 g/mol. The third-order valence-corrected chi connectivity index (χ3v) is 3.64. The van der Waals surface area contributed by atoms with Crippen molar-refractivity contribution < 1.29 is 9.90 Å². The van der Waals surface area contributed by atoms with Crippen LogP contribution in [0.2, 0.25) is 0 Å². The number of ketones is 1. The van der Waals surface area contributed by atoms with Crippen LogP contribution in [0.15, 0.2) is 0 Å². The number of hydrogen-bond acceptors (Lipinski definition) is 2. The minimum atomic E-state index is -0.140. The molecule has 0 rings (SSSR count). The van der Waals surface area contributed by atoms with Crippen molar-refractivity contribution in [3.8, 4) is 0 Å². The van der Waals surface area contributed by atoms with Gasteiger partial charge < -0.3 is 5.11 Å². The third kappa shape index (κ3) is 15.6. The molecule has 0 heterocycles. The standard InChI is InChI=1S/C17H34O2/c1-3-4-10-14-17(19)15-12-9-7-5-6-8-11-13-16(2)18/h16,18H,3-15H2,1-2H3. The molecule has 114 valence electrons. The van der Waals surface area contributed by atoms with Gasteiger partial charge in [-0.1, -0.05) is 58.3 Å². The number of carbonyl (C=O) groups is 1. The van der Waals surface area contributed by atoms with Crippen molar-refractivity contribution in [3.63, 3.8) is 0 Å². The van der Waals surface area contributed by atoms with Crippen molar-refractivity contribution in [3.05, 3.63) is 0 Å². The molecule has 1 N–H and O–H groups in total. The second kappa shape index (κ2) is 14.0. The Labute approximate surface area is 120 Å². The first-order valence-corrected chi connectivity index (χ1v) is 8.36. The highest BCUT2D eigenvalue weighted by atomic mass is 16.3. The van der Waals surface area contributed by atoms with Crippen LogP contribution >= 0.6 is 0 Å². The van der Waals surface area contributed by atoms with Gasteiger partial charge in [0.2, 0.25) is 0 Å². The summed E-state index contributed by atoms with van der Waals surface area (Å²) in [5, 5.41) is 9.12. The summed E-state index contributed by atoms with van der Waals surface area (Å²) in [5.74, 6) is 0.463. The van der Waals surface area contributed by atoms with E-state index in [1.165, 1.54) is 44.9 Å². The van der Waals surface area contributed by atoms with Crippen LogP contribution in [0.25, 0.3) is 0 Å². The molecule has 0 saturated carbocycles. The van der Waals surface area contributed by atoms with Crippen molar-refractivity contribution >= 4 is 5.78 Å². The van der Waals surface area contributed by atoms with E-state index in [0.29, 0.717) is 5.78 Å². The number of unbranched alkanes of at least 4 members (excludes halogenated alkanes) is 8. The van der Waals surface area contributed by atoms with Gasteiger partial charge in [0, 0.05) is 12.8 Å². The molecule has 0 saturated heterocycles. The average Bonchev–Trinajstić information content (AvgIpc) is 2.36. The molecule has 2 heteroatoms. The summed E-state index contributed by atoms with van der Waals surface area (Å²) in [4.78, 5) is 11.5. The minimum absolute atomic E-state index is 0.140. The summed E-state index contributed by atoms with van der Waals surface area (Å²) in [6.45, 7) is 4.03. The smallest absolute Gasteiger partial charge is 0.132 e. The maximum Gasteiger partial charge on any atom is 0.132 e. The summed E-state index contributed by atoms with van der Waals surface area (Å²) in [5.41, 5.74) is 0. The molecule has 0 fully saturated rings. The lowest BCUT2D eigenvalue weighted by atomic mass is 10.0. The highest BCUT2D eigenvalue weighted by Crippen LogP contribution is 2.12. The van der Waals surface area contributed by atoms with Crippen LogP contribution in [0.5, 0.6) is 0 Å². The quantitative estimate of drug-likeness (QED) is 0.450. The van der Waals surface area contributed by atoms with Crippen LogP contribution in [-0.2, 0) is 4.79 Å². The lowest BCUT2D eigenvalue weighted by Crippen LogP contribution is -1.98. The highest BCUT2D eigenvalue weighted by molar-refractivity contribution is 5.78. The monoisotopic (exact) mass is 270 g/mol. The SMILES string of the molecule is CCCCCC(=O)CCCCCCCCCC(C)O. The lowest BCUT2D eigenvalue weighted by Gasteiger charge is -2.04. The van der Waals surface area contributed by atoms with E-state index in [0.717, 1.165) is 38.5 Å². The fourth-order valence-electron chi connectivity index (χ4n) is 2.34. The number of rotatable bonds is 14. The molecule has 0 aromatic heterocycles. The molecule has 19 heavy (non-hydrogen) atoms. The Morgan fingerprint density at radius 2 is 1.32 bits per heavy atom. The third-order valence-electron chi connectivity index (χ3n) is 3.64. The first-order chi connectivity index (χ1) is 9.16. The predicted molar refractivity (Wildman–Crippen MR) is 82.4 cm³/mol. The Morgan fingerprint density at radius 1 is 0.842 bits per heavy atom. The molecule has 0 aliphatic rings. The normalized spacial score (nSPS) is 12.6. The second-order valence-corrected chi connectivity index (χ2v) is 5.86. The number of aliphatic hydroxyl groups excluding tert-OH is 1. The van der Waals surface area contributed by atoms with Gasteiger partial charge in [0.15, 0.2) is 0 Å². The molecule has 1 unspecified atom stereocenters. The summed E-state index contributed by atoms with van der Waals surface area (Å²) in [7, 11) is 0. The van der Waals surface area contributed by atoms with Gasteiger partial charge >= 0.3 is 0 Å². The van der Waals surface area contributed by atoms with E-state index >= 15 is 0 Å². The molecule has 0 aromatic carbocycles. The highest BCUT2D eigenvalue weighted by Gasteiger charge is 2.01. The van der Waals surface area contributed by atoms with Crippen molar-refractivity contribution in [1.82, 2.24) is 0 Å². The largest absolute Gasteiger partial charge is 0.393 e. The Morgan fingerprint density at radius 3 is 1.84 bits per heavy atom. The van der Waals surface area contributed by atoms with Crippen LogP contribution < -0.4 is 0 Å². The zero-order chi connectivity index (χ0) is 14.3. The molecular weight excluding hydrogens is 236 g/mol. The van der Waals surface area contributed by atoms with Gasteiger partial charge in [0.05, 0.1) is 6.10 Å². The van der Waals surface area contributed by atoms with E-state index < -0.39 is 0 Å². The molecular formula is C17H34O2. The van der Waals surface area contributed by atoms with E-state index in [4.69, 9.17) is 5.11 Å². The van der Waals surface area contributed by atoms with Crippen LogP contribution in [0.1, 0.15) is 97.3 Å². The Bertz CT molecular complexity index is 199. The van der Waals surface area contributed by atoms with Crippen LogP contribution in [-0.4, -0.2) is 17.0 Å². The van der Waals surface area contributed by atoms with E-state index in [-0.39, 0.29) is 6.10 Å². The molecule has 0 aliphatic carbocycles. The Balaban J connectivity index is 3.11. The first-order valence-electron chi connectivity index (χ1n) is 8.36. The van der Waals surface area contributed by atoms with Gasteiger partial charge in [0.25, 0.3) is 0 Å². The van der Waals surface area contributed by atoms with Crippen LogP contribution in [0, 0.1) is 0 Å². The van der Waals surface area contributed by atoms with Crippen molar-refractivity contribution in [1.29, 1.82) is 0 Å². The Hall–Kier alpha value is -0.370. The molecule has 0 aromatic rings.